The molecule has 0 N–H and O–H groups in total. The van der Waals surface area contributed by atoms with Crippen LogP contribution in [-0.2, 0) is 9.59 Å². The van der Waals surface area contributed by atoms with Crippen molar-refractivity contribution in [2.75, 3.05) is 6.54 Å². The smallest absolute Gasteiger partial charge is 0.273 e. The molecule has 4 aliphatic rings. The van der Waals surface area contributed by atoms with E-state index < -0.39 is 41.9 Å². The topological polar surface area (TPSA) is 74.8 Å². The second kappa shape index (κ2) is 9.68. The molecule has 41 heavy (non-hydrogen) atoms. The van der Waals surface area contributed by atoms with E-state index in [1.165, 1.54) is 18.2 Å². The van der Waals surface area contributed by atoms with Crippen LogP contribution in [0.3, 0.4) is 0 Å². The van der Waals surface area contributed by atoms with Crippen LogP contribution in [0.25, 0.3) is 0 Å². The normalized spacial score (nSPS) is 21.8. The van der Waals surface area contributed by atoms with Crippen LogP contribution >= 0.6 is 23.2 Å². The molecular formula is C33H22Cl2N2O4. The maximum Gasteiger partial charge on any atom is 0.273 e. The van der Waals surface area contributed by atoms with E-state index in [4.69, 9.17) is 23.2 Å². The molecule has 0 aromatic heterocycles. The number of hydrogen-bond donors (Lipinski definition) is 0. The monoisotopic (exact) mass is 580 g/mol. The van der Waals surface area contributed by atoms with Gasteiger partial charge in [-0.15, -0.1) is 0 Å². The number of nitrogens with zero attached hydrogens (tertiary/aromatic N) is 2. The first-order valence-electron chi connectivity index (χ1n) is 13.3. The molecule has 2 atom stereocenters. The van der Waals surface area contributed by atoms with Crippen LogP contribution in [0.5, 0.6) is 0 Å². The van der Waals surface area contributed by atoms with Gasteiger partial charge in [0.2, 0.25) is 0 Å². The number of ketones is 1. The average Bonchev–Trinajstić information content (AvgIpc) is 3.27. The summed E-state index contributed by atoms with van der Waals surface area (Å²) >= 11 is 12.3. The third-order valence-corrected chi connectivity index (χ3v) is 9.20. The Bertz CT molecular complexity index is 1660. The van der Waals surface area contributed by atoms with E-state index in [0.717, 1.165) is 32.3 Å². The molecule has 0 saturated carbocycles. The Labute approximate surface area is 246 Å². The summed E-state index contributed by atoms with van der Waals surface area (Å²) in [6.07, 6.45) is 0. The second-order valence-electron chi connectivity index (χ2n) is 10.5. The predicted octanol–water partition coefficient (Wildman–Crippen LogP) is 6.13. The summed E-state index contributed by atoms with van der Waals surface area (Å²) in [4.78, 5) is 56.1. The van der Waals surface area contributed by atoms with Crippen LogP contribution in [0, 0.1) is 11.8 Å². The molecule has 1 aliphatic heterocycles. The molecule has 0 unspecified atom stereocenters. The molecule has 8 rings (SSSR count). The van der Waals surface area contributed by atoms with Gasteiger partial charge in [0.1, 0.15) is 6.54 Å². The Morgan fingerprint density at radius 1 is 0.634 bits per heavy atom. The Hall–Kier alpha value is -4.26. The van der Waals surface area contributed by atoms with E-state index in [1.54, 1.807) is 30.3 Å². The van der Waals surface area contributed by atoms with Gasteiger partial charge in [-0.1, -0.05) is 102 Å². The molecule has 6 nitrogen and oxygen atoms in total. The minimum absolute atomic E-state index is 0.102. The summed E-state index contributed by atoms with van der Waals surface area (Å²) in [5, 5.41) is 2.29. The number of carbonyl (C=O) groups is 4. The molecule has 0 radical (unpaired) electrons. The van der Waals surface area contributed by atoms with Gasteiger partial charge in [-0.3, -0.25) is 19.2 Å². The molecule has 4 aromatic rings. The van der Waals surface area contributed by atoms with Gasteiger partial charge >= 0.3 is 0 Å². The van der Waals surface area contributed by atoms with Crippen molar-refractivity contribution in [2.45, 2.75) is 11.8 Å². The number of Topliss-reactive ketones (excluding diaryl/α,β-unsaturated/α-hetero) is 1. The van der Waals surface area contributed by atoms with Crippen LogP contribution in [0.4, 0.5) is 0 Å². The van der Waals surface area contributed by atoms with Crippen LogP contribution in [0.2, 0.25) is 10.0 Å². The molecule has 3 amide bonds. The van der Waals surface area contributed by atoms with E-state index >= 15 is 0 Å². The Balaban J connectivity index is 1.34. The van der Waals surface area contributed by atoms with Crippen molar-refractivity contribution >= 4 is 46.7 Å². The Morgan fingerprint density at radius 3 is 1.61 bits per heavy atom. The first-order chi connectivity index (χ1) is 19.9. The minimum atomic E-state index is -0.701. The number of amides is 3. The standard InChI is InChI=1S/C33H22Cl2N2O4/c34-24-15-14-19(16-25(24)35)31(39)36(17-26(38)18-8-2-1-3-9-18)37-32(40)29-27-20-10-4-5-11-21(20)28(30(29)33(37)41)23-13-7-6-12-22(23)27/h1-16,27-30H,17H2/t27?,28?,29-,30-/m1/s1. The van der Waals surface area contributed by atoms with E-state index in [2.05, 4.69) is 0 Å². The fourth-order valence-corrected chi connectivity index (χ4v) is 7.06. The zero-order valence-corrected chi connectivity index (χ0v) is 23.0. The lowest BCUT2D eigenvalue weighted by molar-refractivity contribution is -0.154. The summed E-state index contributed by atoms with van der Waals surface area (Å²) in [5.74, 6) is -4.18. The van der Waals surface area contributed by atoms with Gasteiger partial charge in [0, 0.05) is 23.0 Å². The van der Waals surface area contributed by atoms with Crippen molar-refractivity contribution < 1.29 is 19.2 Å². The highest BCUT2D eigenvalue weighted by Gasteiger charge is 2.63. The van der Waals surface area contributed by atoms with Crippen molar-refractivity contribution in [1.29, 1.82) is 0 Å². The number of hydrazine groups is 1. The van der Waals surface area contributed by atoms with Gasteiger partial charge in [-0.05, 0) is 40.5 Å². The highest BCUT2D eigenvalue weighted by molar-refractivity contribution is 6.42. The summed E-state index contributed by atoms with van der Waals surface area (Å²) in [7, 11) is 0. The minimum Gasteiger partial charge on any atom is -0.292 e. The fourth-order valence-electron chi connectivity index (χ4n) is 6.76. The molecule has 1 heterocycles. The van der Waals surface area contributed by atoms with E-state index in [1.807, 2.05) is 48.5 Å². The van der Waals surface area contributed by atoms with E-state index in [9.17, 15) is 19.2 Å². The SMILES string of the molecule is O=C(CN(C(=O)c1ccc(Cl)c(Cl)c1)N1C(=O)[C@@H]2C3c4ccccc4C(c4ccccc43)[C@H]2C1=O)c1ccccc1. The lowest BCUT2D eigenvalue weighted by atomic mass is 9.55. The van der Waals surface area contributed by atoms with Crippen molar-refractivity contribution in [3.05, 3.63) is 140 Å². The molecule has 3 aliphatic carbocycles. The van der Waals surface area contributed by atoms with Gasteiger partial charge in [0.05, 0.1) is 21.9 Å². The number of halogens is 2. The zero-order chi connectivity index (χ0) is 28.4. The van der Waals surface area contributed by atoms with Crippen LogP contribution in [0.1, 0.15) is 54.8 Å². The number of hydrogen-bond acceptors (Lipinski definition) is 4. The van der Waals surface area contributed by atoms with E-state index in [-0.39, 0.29) is 27.4 Å². The molecule has 4 aromatic carbocycles. The lowest BCUT2D eigenvalue weighted by Crippen LogP contribution is -2.52. The number of benzene rings is 4. The quantitative estimate of drug-likeness (QED) is 0.210. The molecule has 0 spiro atoms. The molecule has 1 saturated heterocycles. The number of carbonyl (C=O) groups excluding carboxylic acids is 4. The maximum absolute atomic E-state index is 14.3. The summed E-state index contributed by atoms with van der Waals surface area (Å²) in [6.45, 7) is -0.505. The highest BCUT2D eigenvalue weighted by Crippen LogP contribution is 2.61. The van der Waals surface area contributed by atoms with Crippen molar-refractivity contribution in [1.82, 2.24) is 10.0 Å². The first kappa shape index (κ1) is 25.7. The summed E-state index contributed by atoms with van der Waals surface area (Å²) in [5.41, 5.74) is 4.53. The van der Waals surface area contributed by atoms with Crippen molar-refractivity contribution in [3.8, 4) is 0 Å². The zero-order valence-electron chi connectivity index (χ0n) is 21.5. The van der Waals surface area contributed by atoms with Gasteiger partial charge in [-0.25, -0.2) is 5.01 Å². The lowest BCUT2D eigenvalue weighted by Gasteiger charge is -2.45. The summed E-state index contributed by atoms with van der Waals surface area (Å²) < 4.78 is 0. The molecular weight excluding hydrogens is 559 g/mol. The van der Waals surface area contributed by atoms with E-state index in [0.29, 0.717) is 5.56 Å². The Kier molecular flexibility index (Phi) is 6.07. The van der Waals surface area contributed by atoms with Crippen molar-refractivity contribution in [2.24, 2.45) is 11.8 Å². The molecule has 202 valence electrons. The number of rotatable bonds is 5. The van der Waals surface area contributed by atoms with Gasteiger partial charge in [0.25, 0.3) is 17.7 Å². The Morgan fingerprint density at radius 2 is 1.12 bits per heavy atom. The van der Waals surface area contributed by atoms with Crippen LogP contribution in [0.15, 0.2) is 97.1 Å². The van der Waals surface area contributed by atoms with Gasteiger partial charge in [-0.2, -0.15) is 5.01 Å². The van der Waals surface area contributed by atoms with Crippen LogP contribution < -0.4 is 0 Å². The van der Waals surface area contributed by atoms with Crippen molar-refractivity contribution in [3.63, 3.8) is 0 Å². The van der Waals surface area contributed by atoms with Gasteiger partial charge < -0.3 is 0 Å². The molecule has 2 bridgehead atoms. The third-order valence-electron chi connectivity index (χ3n) is 8.46. The molecule has 1 fully saturated rings. The first-order valence-corrected chi connectivity index (χ1v) is 14.0. The maximum atomic E-state index is 14.3. The van der Waals surface area contributed by atoms with Gasteiger partial charge in [0.15, 0.2) is 5.78 Å². The number of imide groups is 1. The highest BCUT2D eigenvalue weighted by atomic mass is 35.5. The average molecular weight is 581 g/mol. The largest absolute Gasteiger partial charge is 0.292 e. The third kappa shape index (κ3) is 3.85. The predicted molar refractivity (Wildman–Crippen MR) is 154 cm³/mol. The molecule has 8 heteroatoms. The van der Waals surface area contributed by atoms with Crippen LogP contribution in [-0.4, -0.2) is 40.1 Å². The fraction of sp³-hybridized carbons (Fsp3) is 0.152. The summed E-state index contributed by atoms with van der Waals surface area (Å²) in [6, 6.07) is 28.6. The second-order valence-corrected chi connectivity index (χ2v) is 11.3.